The molecule has 0 radical (unpaired) electrons. The van der Waals surface area contributed by atoms with Crippen LogP contribution in [0.15, 0.2) is 29.1 Å². The number of alkyl halides is 3. The number of hydrogen-bond acceptors (Lipinski definition) is 5. The van der Waals surface area contributed by atoms with Crippen molar-refractivity contribution in [2.24, 2.45) is 0 Å². The number of hydrogen-bond donors (Lipinski definition) is 0. The number of carbonyl (C=O) groups excluding carboxylic acids is 1. The highest BCUT2D eigenvalue weighted by Crippen LogP contribution is 2.36. The number of aromatic nitrogens is 2. The Labute approximate surface area is 183 Å². The van der Waals surface area contributed by atoms with Crippen LogP contribution in [0.2, 0.25) is 5.02 Å². The largest absolute Gasteiger partial charge is 0.450 e. The molecule has 11 heteroatoms. The first-order valence-electron chi connectivity index (χ1n) is 9.52. The zero-order valence-corrected chi connectivity index (χ0v) is 17.9. The predicted molar refractivity (Wildman–Crippen MR) is 111 cm³/mol. The second kappa shape index (κ2) is 8.16. The van der Waals surface area contributed by atoms with E-state index in [1.54, 1.807) is 0 Å². The Kier molecular flexibility index (Phi) is 5.69. The Balaban J connectivity index is 1.87. The topological polar surface area (TPSA) is 64.4 Å². The van der Waals surface area contributed by atoms with E-state index in [0.29, 0.717) is 34.4 Å². The molecule has 0 spiro atoms. The summed E-state index contributed by atoms with van der Waals surface area (Å²) >= 11 is 6.94. The summed E-state index contributed by atoms with van der Waals surface area (Å²) in [5.41, 5.74) is -0.194. The van der Waals surface area contributed by atoms with Gasteiger partial charge in [0.15, 0.2) is 0 Å². The molecule has 3 aromatic rings. The predicted octanol–water partition coefficient (Wildman–Crippen LogP) is 5.02. The van der Waals surface area contributed by atoms with Gasteiger partial charge >= 0.3 is 12.3 Å². The smallest absolute Gasteiger partial charge is 0.449 e. The summed E-state index contributed by atoms with van der Waals surface area (Å²) in [5, 5.41) is 0.348. The standard InChI is InChI=1S/C20H17ClF3N3O3S/c1-2-8-30-19(29)26-7-6-13-14(10-26)31-16-15(13)17(28)27(18(25-16)20(22,23)24)12-5-3-4-11(21)9-12/h3-5,9H,2,6-8,10H2,1H3. The SMILES string of the molecule is CCCOC(=O)N1CCc2c(sc3nc(C(F)(F)F)n(-c4cccc(Cl)c4)c(=O)c23)C1. The van der Waals surface area contributed by atoms with Gasteiger partial charge in [0.25, 0.3) is 5.56 Å². The van der Waals surface area contributed by atoms with E-state index in [2.05, 4.69) is 4.98 Å². The van der Waals surface area contributed by atoms with E-state index < -0.39 is 23.7 Å². The number of thiophene rings is 1. The number of amides is 1. The van der Waals surface area contributed by atoms with Crippen molar-refractivity contribution in [3.63, 3.8) is 0 Å². The fourth-order valence-electron chi connectivity index (χ4n) is 3.52. The van der Waals surface area contributed by atoms with Crippen molar-refractivity contribution in [3.8, 4) is 5.69 Å². The van der Waals surface area contributed by atoms with Crippen LogP contribution in [-0.4, -0.2) is 33.7 Å². The van der Waals surface area contributed by atoms with Gasteiger partial charge in [-0.2, -0.15) is 13.2 Å². The lowest BCUT2D eigenvalue weighted by molar-refractivity contribution is -0.146. The molecule has 0 bridgehead atoms. The zero-order chi connectivity index (χ0) is 22.3. The van der Waals surface area contributed by atoms with Crippen LogP contribution in [0.25, 0.3) is 15.9 Å². The van der Waals surface area contributed by atoms with Gasteiger partial charge in [0, 0.05) is 16.4 Å². The molecule has 3 heterocycles. The Hall–Kier alpha value is -2.59. The van der Waals surface area contributed by atoms with Gasteiger partial charge in [0.1, 0.15) is 4.83 Å². The maximum absolute atomic E-state index is 13.8. The second-order valence-electron chi connectivity index (χ2n) is 7.02. The minimum Gasteiger partial charge on any atom is -0.449 e. The highest BCUT2D eigenvalue weighted by atomic mass is 35.5. The number of ether oxygens (including phenoxy) is 1. The molecule has 0 fully saturated rings. The Morgan fingerprint density at radius 3 is 2.81 bits per heavy atom. The second-order valence-corrected chi connectivity index (χ2v) is 8.54. The van der Waals surface area contributed by atoms with Gasteiger partial charge in [-0.05, 0) is 36.6 Å². The number of benzene rings is 1. The molecule has 1 aromatic carbocycles. The average Bonchev–Trinajstić information content (AvgIpc) is 3.09. The fourth-order valence-corrected chi connectivity index (χ4v) is 4.93. The summed E-state index contributed by atoms with van der Waals surface area (Å²) < 4.78 is 47.1. The molecular weight excluding hydrogens is 455 g/mol. The maximum Gasteiger partial charge on any atom is 0.450 e. The van der Waals surface area contributed by atoms with Crippen molar-refractivity contribution < 1.29 is 22.7 Å². The quantitative estimate of drug-likeness (QED) is 0.538. The molecule has 1 aliphatic heterocycles. The Bertz CT molecular complexity index is 1220. The number of carbonyl (C=O) groups is 1. The summed E-state index contributed by atoms with van der Waals surface area (Å²) in [6, 6.07) is 5.64. The van der Waals surface area contributed by atoms with E-state index in [0.717, 1.165) is 11.3 Å². The van der Waals surface area contributed by atoms with Gasteiger partial charge < -0.3 is 9.64 Å². The third-order valence-electron chi connectivity index (χ3n) is 4.88. The maximum atomic E-state index is 13.8. The summed E-state index contributed by atoms with van der Waals surface area (Å²) in [6.07, 6.45) is -4.32. The van der Waals surface area contributed by atoms with Crippen LogP contribution in [0.3, 0.4) is 0 Å². The van der Waals surface area contributed by atoms with Crippen molar-refractivity contribution in [2.45, 2.75) is 32.5 Å². The first-order chi connectivity index (χ1) is 14.7. The molecule has 31 heavy (non-hydrogen) atoms. The monoisotopic (exact) mass is 471 g/mol. The molecule has 0 saturated heterocycles. The molecule has 6 nitrogen and oxygen atoms in total. The zero-order valence-electron chi connectivity index (χ0n) is 16.3. The average molecular weight is 472 g/mol. The molecule has 2 aromatic heterocycles. The minimum atomic E-state index is -4.85. The molecule has 0 saturated carbocycles. The van der Waals surface area contributed by atoms with Crippen molar-refractivity contribution in [1.82, 2.24) is 14.5 Å². The molecule has 0 N–H and O–H groups in total. The van der Waals surface area contributed by atoms with Crippen LogP contribution in [-0.2, 0) is 23.9 Å². The number of fused-ring (bicyclic) bond motifs is 3. The highest BCUT2D eigenvalue weighted by molar-refractivity contribution is 7.18. The van der Waals surface area contributed by atoms with E-state index >= 15 is 0 Å². The van der Waals surface area contributed by atoms with Gasteiger partial charge in [-0.15, -0.1) is 11.3 Å². The third-order valence-corrected chi connectivity index (χ3v) is 6.23. The van der Waals surface area contributed by atoms with Crippen molar-refractivity contribution in [1.29, 1.82) is 0 Å². The van der Waals surface area contributed by atoms with E-state index in [1.165, 1.54) is 29.2 Å². The van der Waals surface area contributed by atoms with Crippen LogP contribution < -0.4 is 5.56 Å². The van der Waals surface area contributed by atoms with Gasteiger partial charge in [0.2, 0.25) is 5.82 Å². The summed E-state index contributed by atoms with van der Waals surface area (Å²) in [5.74, 6) is -1.31. The minimum absolute atomic E-state index is 0.00405. The number of rotatable bonds is 3. The van der Waals surface area contributed by atoms with E-state index in [1.807, 2.05) is 6.92 Å². The lowest BCUT2D eigenvalue weighted by Crippen LogP contribution is -2.36. The van der Waals surface area contributed by atoms with Crippen LogP contribution in [0.5, 0.6) is 0 Å². The van der Waals surface area contributed by atoms with Gasteiger partial charge in [0.05, 0.1) is 24.2 Å². The summed E-state index contributed by atoms with van der Waals surface area (Å²) in [6.45, 7) is 2.63. The van der Waals surface area contributed by atoms with Crippen molar-refractivity contribution >= 4 is 39.2 Å². The lowest BCUT2D eigenvalue weighted by atomic mass is 10.1. The molecule has 0 aliphatic carbocycles. The van der Waals surface area contributed by atoms with E-state index in [9.17, 15) is 22.8 Å². The molecule has 4 rings (SSSR count). The van der Waals surface area contributed by atoms with Crippen molar-refractivity contribution in [3.05, 3.63) is 55.9 Å². The molecule has 1 amide bonds. The molecular formula is C20H17ClF3N3O3S. The van der Waals surface area contributed by atoms with Gasteiger partial charge in [-0.25, -0.2) is 9.78 Å². The van der Waals surface area contributed by atoms with Gasteiger partial charge in [-0.3, -0.25) is 9.36 Å². The number of halogens is 4. The molecule has 164 valence electrons. The first-order valence-corrected chi connectivity index (χ1v) is 10.7. The van der Waals surface area contributed by atoms with E-state index in [4.69, 9.17) is 16.3 Å². The van der Waals surface area contributed by atoms with Crippen LogP contribution in [0.4, 0.5) is 18.0 Å². The van der Waals surface area contributed by atoms with Crippen LogP contribution in [0, 0.1) is 0 Å². The Morgan fingerprint density at radius 2 is 2.13 bits per heavy atom. The van der Waals surface area contributed by atoms with Crippen LogP contribution >= 0.6 is 22.9 Å². The van der Waals surface area contributed by atoms with Crippen molar-refractivity contribution in [2.75, 3.05) is 13.2 Å². The molecule has 1 aliphatic rings. The Morgan fingerprint density at radius 1 is 1.35 bits per heavy atom. The fraction of sp³-hybridized carbons (Fsp3) is 0.350. The number of nitrogens with zero attached hydrogens (tertiary/aromatic N) is 3. The normalized spacial score (nSPS) is 14.0. The highest BCUT2D eigenvalue weighted by Gasteiger charge is 2.39. The molecule has 0 unspecified atom stereocenters. The van der Waals surface area contributed by atoms with E-state index in [-0.39, 0.29) is 34.1 Å². The summed E-state index contributed by atoms with van der Waals surface area (Å²) in [4.78, 5) is 31.4. The molecule has 0 atom stereocenters. The van der Waals surface area contributed by atoms with Crippen LogP contribution in [0.1, 0.15) is 29.6 Å². The third kappa shape index (κ3) is 4.01. The first kappa shape index (κ1) is 21.6. The van der Waals surface area contributed by atoms with Gasteiger partial charge in [-0.1, -0.05) is 24.6 Å². The summed E-state index contributed by atoms with van der Waals surface area (Å²) in [7, 11) is 0. The lowest BCUT2D eigenvalue weighted by Gasteiger charge is -2.26.